The number of ether oxygens (including phenoxy) is 1. The van der Waals surface area contributed by atoms with E-state index in [4.69, 9.17) is 4.74 Å². The molecule has 0 aliphatic carbocycles. The number of carbonyl (C=O) groups is 2. The summed E-state index contributed by atoms with van der Waals surface area (Å²) in [4.78, 5) is 25.5. The van der Waals surface area contributed by atoms with Gasteiger partial charge in [0.05, 0.1) is 12.8 Å². The van der Waals surface area contributed by atoms with Crippen molar-refractivity contribution in [2.75, 3.05) is 12.0 Å². The van der Waals surface area contributed by atoms with E-state index < -0.39 is 11.9 Å². The highest BCUT2D eigenvalue weighted by molar-refractivity contribution is 6.51. The van der Waals surface area contributed by atoms with Crippen LogP contribution in [-0.2, 0) is 9.59 Å². The molecule has 1 aliphatic heterocycles. The molecule has 1 amide bonds. The van der Waals surface area contributed by atoms with Crippen LogP contribution in [0.5, 0.6) is 5.75 Å². The van der Waals surface area contributed by atoms with Crippen LogP contribution < -0.4 is 9.64 Å². The molecule has 2 aromatic carbocycles. The van der Waals surface area contributed by atoms with Crippen LogP contribution in [0.2, 0.25) is 0 Å². The van der Waals surface area contributed by atoms with Crippen molar-refractivity contribution in [3.8, 4) is 5.75 Å². The summed E-state index contributed by atoms with van der Waals surface area (Å²) in [6.45, 7) is 1.98. The summed E-state index contributed by atoms with van der Waals surface area (Å²) in [6.07, 6.45) is 0. The molecule has 1 heterocycles. The van der Waals surface area contributed by atoms with Gasteiger partial charge in [-0.25, -0.2) is 0 Å². The molecule has 0 radical (unpaired) electrons. The van der Waals surface area contributed by atoms with Gasteiger partial charge in [0.1, 0.15) is 11.8 Å². The number of β-lactam (4-membered cyclic amide) rings is 1. The van der Waals surface area contributed by atoms with Crippen molar-refractivity contribution in [3.05, 3.63) is 59.7 Å². The summed E-state index contributed by atoms with van der Waals surface area (Å²) in [5.74, 6) is -0.301. The van der Waals surface area contributed by atoms with Crippen LogP contribution in [0.25, 0.3) is 0 Å². The van der Waals surface area contributed by atoms with Gasteiger partial charge >= 0.3 is 0 Å². The molecular formula is C17H15NO3. The normalized spacial score (nSPS) is 17.6. The smallest absolute Gasteiger partial charge is 0.298 e. The number of amides is 1. The molecule has 1 atom stereocenters. The summed E-state index contributed by atoms with van der Waals surface area (Å²) < 4.78 is 5.28. The van der Waals surface area contributed by atoms with E-state index in [1.54, 1.807) is 19.2 Å². The van der Waals surface area contributed by atoms with E-state index in [0.717, 1.165) is 11.1 Å². The molecule has 21 heavy (non-hydrogen) atoms. The first-order valence-corrected chi connectivity index (χ1v) is 6.70. The number of benzene rings is 2. The molecule has 0 N–H and O–H groups in total. The number of anilines is 1. The third-order valence-electron chi connectivity index (χ3n) is 3.67. The first-order valence-electron chi connectivity index (χ1n) is 6.70. The number of aryl methyl sites for hydroxylation is 1. The molecule has 1 fully saturated rings. The largest absolute Gasteiger partial charge is 0.495 e. The highest BCUT2D eigenvalue weighted by Crippen LogP contribution is 2.40. The zero-order valence-corrected chi connectivity index (χ0v) is 11.9. The molecule has 1 aliphatic rings. The number of hydrogen-bond acceptors (Lipinski definition) is 3. The van der Waals surface area contributed by atoms with Gasteiger partial charge in [0, 0.05) is 0 Å². The number of rotatable bonds is 3. The van der Waals surface area contributed by atoms with Gasteiger partial charge in [-0.05, 0) is 24.6 Å². The summed E-state index contributed by atoms with van der Waals surface area (Å²) in [6, 6.07) is 14.3. The van der Waals surface area contributed by atoms with Gasteiger partial charge in [-0.1, -0.05) is 42.0 Å². The predicted molar refractivity (Wildman–Crippen MR) is 79.4 cm³/mol. The fourth-order valence-electron chi connectivity index (χ4n) is 2.53. The number of para-hydroxylation sites is 2. The van der Waals surface area contributed by atoms with E-state index in [0.29, 0.717) is 11.4 Å². The first kappa shape index (κ1) is 13.4. The van der Waals surface area contributed by atoms with Gasteiger partial charge in [-0.3, -0.25) is 14.5 Å². The van der Waals surface area contributed by atoms with Crippen molar-refractivity contribution < 1.29 is 14.3 Å². The number of nitrogens with zero attached hydrogens (tertiary/aromatic N) is 1. The lowest BCUT2D eigenvalue weighted by atomic mass is 9.91. The van der Waals surface area contributed by atoms with E-state index >= 15 is 0 Å². The van der Waals surface area contributed by atoms with E-state index in [2.05, 4.69) is 0 Å². The molecule has 0 saturated carbocycles. The summed E-state index contributed by atoms with van der Waals surface area (Å²) in [7, 11) is 1.55. The zero-order chi connectivity index (χ0) is 15.0. The zero-order valence-electron chi connectivity index (χ0n) is 11.9. The number of Topliss-reactive ketones (excluding diaryl/α,β-unsaturated/α-hetero) is 1. The lowest BCUT2D eigenvalue weighted by Crippen LogP contribution is -2.56. The van der Waals surface area contributed by atoms with Crippen LogP contribution in [0, 0.1) is 6.92 Å². The molecule has 0 bridgehead atoms. The van der Waals surface area contributed by atoms with Gasteiger partial charge in [0.15, 0.2) is 0 Å². The number of ketones is 1. The third-order valence-corrected chi connectivity index (χ3v) is 3.67. The van der Waals surface area contributed by atoms with Crippen LogP contribution in [0.4, 0.5) is 5.69 Å². The molecule has 106 valence electrons. The van der Waals surface area contributed by atoms with Crippen LogP contribution in [0.15, 0.2) is 48.5 Å². The van der Waals surface area contributed by atoms with E-state index in [-0.39, 0.29) is 5.78 Å². The maximum atomic E-state index is 12.0. The second-order valence-corrected chi connectivity index (χ2v) is 5.02. The first-order chi connectivity index (χ1) is 10.1. The fourth-order valence-corrected chi connectivity index (χ4v) is 2.53. The number of methoxy groups -OCH3 is 1. The highest BCUT2D eigenvalue weighted by atomic mass is 16.5. The Labute approximate surface area is 123 Å². The minimum Gasteiger partial charge on any atom is -0.495 e. The molecule has 4 heteroatoms. The Morgan fingerprint density at radius 3 is 2.33 bits per heavy atom. The molecule has 1 saturated heterocycles. The molecule has 3 rings (SSSR count). The predicted octanol–water partition coefficient (Wildman–Crippen LogP) is 2.66. The van der Waals surface area contributed by atoms with Crippen LogP contribution in [0.3, 0.4) is 0 Å². The standard InChI is InChI=1S/C17H15NO3/c1-11-7-9-12(10-8-11)15-16(19)17(20)18(15)13-5-3-4-6-14(13)21-2/h3-10,15H,1-2H3. The maximum Gasteiger partial charge on any atom is 0.298 e. The maximum absolute atomic E-state index is 12.0. The average Bonchev–Trinajstić information content (AvgIpc) is 2.53. The lowest BCUT2D eigenvalue weighted by Gasteiger charge is -2.39. The van der Waals surface area contributed by atoms with Crippen molar-refractivity contribution in [2.24, 2.45) is 0 Å². The Morgan fingerprint density at radius 1 is 1.00 bits per heavy atom. The Kier molecular flexibility index (Phi) is 3.22. The van der Waals surface area contributed by atoms with Crippen LogP contribution in [-0.4, -0.2) is 18.8 Å². The Balaban J connectivity index is 2.02. The molecule has 2 aromatic rings. The van der Waals surface area contributed by atoms with Crippen LogP contribution in [0.1, 0.15) is 17.2 Å². The van der Waals surface area contributed by atoms with Crippen molar-refractivity contribution in [3.63, 3.8) is 0 Å². The molecule has 0 spiro atoms. The van der Waals surface area contributed by atoms with Crippen molar-refractivity contribution in [1.29, 1.82) is 0 Å². The molecule has 4 nitrogen and oxygen atoms in total. The summed E-state index contributed by atoms with van der Waals surface area (Å²) >= 11 is 0. The van der Waals surface area contributed by atoms with Crippen molar-refractivity contribution >= 4 is 17.4 Å². The SMILES string of the molecule is COc1ccccc1N1C(=O)C(=O)C1c1ccc(C)cc1. The second-order valence-electron chi connectivity index (χ2n) is 5.02. The van der Waals surface area contributed by atoms with Gasteiger partial charge in [0.2, 0.25) is 5.78 Å². The van der Waals surface area contributed by atoms with Gasteiger partial charge in [0.25, 0.3) is 5.91 Å². The third kappa shape index (κ3) is 2.09. The van der Waals surface area contributed by atoms with E-state index in [1.807, 2.05) is 43.3 Å². The van der Waals surface area contributed by atoms with Crippen molar-refractivity contribution in [1.82, 2.24) is 0 Å². The fraction of sp³-hybridized carbons (Fsp3) is 0.176. The van der Waals surface area contributed by atoms with Crippen LogP contribution >= 0.6 is 0 Å². The minimum atomic E-state index is -0.561. The van der Waals surface area contributed by atoms with Gasteiger partial charge in [-0.15, -0.1) is 0 Å². The Morgan fingerprint density at radius 2 is 1.67 bits per heavy atom. The Bertz CT molecular complexity index is 706. The monoisotopic (exact) mass is 281 g/mol. The Hall–Kier alpha value is -2.62. The van der Waals surface area contributed by atoms with Gasteiger partial charge < -0.3 is 4.74 Å². The summed E-state index contributed by atoms with van der Waals surface area (Å²) in [5, 5.41) is 0. The summed E-state index contributed by atoms with van der Waals surface area (Å²) in [5.41, 5.74) is 2.55. The van der Waals surface area contributed by atoms with E-state index in [1.165, 1.54) is 4.90 Å². The molecular weight excluding hydrogens is 266 g/mol. The quantitative estimate of drug-likeness (QED) is 0.642. The highest BCUT2D eigenvalue weighted by Gasteiger charge is 2.48. The van der Waals surface area contributed by atoms with Gasteiger partial charge in [-0.2, -0.15) is 0 Å². The molecule has 0 aromatic heterocycles. The van der Waals surface area contributed by atoms with Crippen molar-refractivity contribution in [2.45, 2.75) is 13.0 Å². The average molecular weight is 281 g/mol. The van der Waals surface area contributed by atoms with E-state index in [9.17, 15) is 9.59 Å². The lowest BCUT2D eigenvalue weighted by molar-refractivity contribution is -0.143. The number of hydrogen-bond donors (Lipinski definition) is 0. The minimum absolute atomic E-state index is 0.384. The topological polar surface area (TPSA) is 46.6 Å². The second kappa shape index (κ2) is 5.05. The number of carbonyl (C=O) groups excluding carboxylic acids is 2. The molecule has 1 unspecified atom stereocenters.